The zero-order chi connectivity index (χ0) is 18.8. The van der Waals surface area contributed by atoms with Crippen LogP contribution in [0.3, 0.4) is 0 Å². The second-order valence-corrected chi connectivity index (χ2v) is 6.69. The SMILES string of the molecule is Cc1ccccc1N1C(=O)C(O)=C(c2ccc(OCC(C)C)cc2)C1=O. The van der Waals surface area contributed by atoms with Crippen molar-refractivity contribution >= 4 is 23.1 Å². The number of ether oxygens (including phenoxy) is 1. The largest absolute Gasteiger partial charge is 0.502 e. The average Bonchev–Trinajstić information content (AvgIpc) is 2.84. The van der Waals surface area contributed by atoms with Crippen molar-refractivity contribution in [3.63, 3.8) is 0 Å². The van der Waals surface area contributed by atoms with Crippen molar-refractivity contribution in [1.82, 2.24) is 0 Å². The Hall–Kier alpha value is -3.08. The van der Waals surface area contributed by atoms with Crippen molar-refractivity contribution in [2.75, 3.05) is 11.5 Å². The molecule has 2 aromatic rings. The van der Waals surface area contributed by atoms with Crippen molar-refractivity contribution < 1.29 is 19.4 Å². The molecule has 0 aromatic heterocycles. The Balaban J connectivity index is 1.90. The number of aliphatic hydroxyl groups excluding tert-OH is 1. The van der Waals surface area contributed by atoms with E-state index in [1.165, 1.54) is 0 Å². The van der Waals surface area contributed by atoms with Crippen molar-refractivity contribution in [2.45, 2.75) is 20.8 Å². The van der Waals surface area contributed by atoms with Crippen molar-refractivity contribution in [1.29, 1.82) is 0 Å². The molecule has 26 heavy (non-hydrogen) atoms. The van der Waals surface area contributed by atoms with Crippen LogP contribution in [-0.4, -0.2) is 23.5 Å². The van der Waals surface area contributed by atoms with Crippen LogP contribution in [0.5, 0.6) is 5.75 Å². The van der Waals surface area contributed by atoms with Crippen LogP contribution in [-0.2, 0) is 9.59 Å². The first kappa shape index (κ1) is 17.7. The highest BCUT2D eigenvalue weighted by atomic mass is 16.5. The molecule has 0 spiro atoms. The monoisotopic (exact) mass is 351 g/mol. The third-order valence-electron chi connectivity index (χ3n) is 4.14. The maximum absolute atomic E-state index is 12.8. The number of rotatable bonds is 5. The lowest BCUT2D eigenvalue weighted by Gasteiger charge is -2.16. The Morgan fingerprint density at radius 1 is 1.00 bits per heavy atom. The zero-order valence-electron chi connectivity index (χ0n) is 15.0. The van der Waals surface area contributed by atoms with Crippen molar-refractivity contribution in [2.24, 2.45) is 5.92 Å². The summed E-state index contributed by atoms with van der Waals surface area (Å²) >= 11 is 0. The Morgan fingerprint density at radius 3 is 2.27 bits per heavy atom. The van der Waals surface area contributed by atoms with E-state index in [2.05, 4.69) is 13.8 Å². The number of benzene rings is 2. The van der Waals surface area contributed by atoms with Crippen LogP contribution in [0.4, 0.5) is 5.69 Å². The van der Waals surface area contributed by atoms with Crippen LogP contribution in [0.2, 0.25) is 0 Å². The quantitative estimate of drug-likeness (QED) is 0.831. The zero-order valence-corrected chi connectivity index (χ0v) is 15.0. The first-order valence-electron chi connectivity index (χ1n) is 8.51. The summed E-state index contributed by atoms with van der Waals surface area (Å²) in [6, 6.07) is 13.9. The molecule has 3 rings (SSSR count). The predicted octanol–water partition coefficient (Wildman–Crippen LogP) is 3.87. The maximum atomic E-state index is 12.8. The van der Waals surface area contributed by atoms with Crippen LogP contribution in [0, 0.1) is 12.8 Å². The van der Waals surface area contributed by atoms with Gasteiger partial charge < -0.3 is 9.84 Å². The third kappa shape index (κ3) is 3.20. The van der Waals surface area contributed by atoms with Crippen LogP contribution in [0.1, 0.15) is 25.0 Å². The van der Waals surface area contributed by atoms with Gasteiger partial charge in [-0.25, -0.2) is 4.90 Å². The van der Waals surface area contributed by atoms with Crippen LogP contribution >= 0.6 is 0 Å². The first-order valence-corrected chi connectivity index (χ1v) is 8.51. The summed E-state index contributed by atoms with van der Waals surface area (Å²) in [4.78, 5) is 26.3. The molecule has 0 aliphatic carbocycles. The Kier molecular flexibility index (Phi) is 4.80. The number of para-hydroxylation sites is 1. The van der Waals surface area contributed by atoms with Crippen LogP contribution < -0.4 is 9.64 Å². The van der Waals surface area contributed by atoms with Gasteiger partial charge in [-0.1, -0.05) is 44.2 Å². The van der Waals surface area contributed by atoms with Gasteiger partial charge in [0, 0.05) is 0 Å². The lowest BCUT2D eigenvalue weighted by Crippen LogP contribution is -2.32. The first-order chi connectivity index (χ1) is 12.4. The van der Waals surface area contributed by atoms with E-state index in [0.29, 0.717) is 29.5 Å². The lowest BCUT2D eigenvalue weighted by atomic mass is 10.1. The predicted molar refractivity (Wildman–Crippen MR) is 100.0 cm³/mol. The van der Waals surface area contributed by atoms with Gasteiger partial charge >= 0.3 is 5.91 Å². The summed E-state index contributed by atoms with van der Waals surface area (Å²) in [7, 11) is 0. The number of hydrogen-bond donors (Lipinski definition) is 1. The van der Waals surface area contributed by atoms with Crippen molar-refractivity contribution in [3.8, 4) is 5.75 Å². The Labute approximate surface area is 152 Å². The minimum absolute atomic E-state index is 0.00802. The van der Waals surface area contributed by atoms with Gasteiger partial charge in [0.05, 0.1) is 17.9 Å². The van der Waals surface area contributed by atoms with E-state index in [9.17, 15) is 14.7 Å². The molecule has 0 saturated heterocycles. The second kappa shape index (κ2) is 7.04. The number of aryl methyl sites for hydroxylation is 1. The summed E-state index contributed by atoms with van der Waals surface area (Å²) in [5.41, 5.74) is 1.74. The Morgan fingerprint density at radius 2 is 1.65 bits per heavy atom. The fourth-order valence-corrected chi connectivity index (χ4v) is 2.79. The molecular weight excluding hydrogens is 330 g/mol. The van der Waals surface area contributed by atoms with E-state index in [1.54, 1.807) is 36.4 Å². The van der Waals surface area contributed by atoms with Gasteiger partial charge in [-0.15, -0.1) is 0 Å². The fraction of sp³-hybridized carbons (Fsp3) is 0.238. The third-order valence-corrected chi connectivity index (χ3v) is 4.14. The fourth-order valence-electron chi connectivity index (χ4n) is 2.79. The molecule has 0 unspecified atom stereocenters. The van der Waals surface area contributed by atoms with Crippen LogP contribution in [0.25, 0.3) is 5.57 Å². The average molecular weight is 351 g/mol. The van der Waals surface area contributed by atoms with Crippen LogP contribution in [0.15, 0.2) is 54.3 Å². The number of carbonyl (C=O) groups is 2. The molecule has 0 bridgehead atoms. The second-order valence-electron chi connectivity index (χ2n) is 6.69. The topological polar surface area (TPSA) is 66.8 Å². The summed E-state index contributed by atoms with van der Waals surface area (Å²) in [6.45, 7) is 6.51. The number of imide groups is 1. The van der Waals surface area contributed by atoms with E-state index in [0.717, 1.165) is 10.5 Å². The molecule has 0 saturated carbocycles. The van der Waals surface area contributed by atoms with E-state index in [-0.39, 0.29) is 5.57 Å². The molecule has 2 amide bonds. The van der Waals surface area contributed by atoms with Gasteiger partial charge in [-0.05, 0) is 42.2 Å². The Bertz CT molecular complexity index is 881. The molecule has 2 aromatic carbocycles. The van der Waals surface area contributed by atoms with Crippen molar-refractivity contribution in [3.05, 3.63) is 65.4 Å². The van der Waals surface area contributed by atoms with Gasteiger partial charge in [0.25, 0.3) is 5.91 Å². The molecule has 0 atom stereocenters. The van der Waals surface area contributed by atoms with Gasteiger partial charge in [0.1, 0.15) is 5.75 Å². The molecule has 134 valence electrons. The number of hydrogen-bond acceptors (Lipinski definition) is 4. The van der Waals surface area contributed by atoms with Gasteiger partial charge in [0.15, 0.2) is 5.76 Å². The standard InChI is InChI=1S/C21H21NO4/c1-13(2)12-26-16-10-8-15(9-11-16)18-19(23)21(25)22(20(18)24)17-7-5-4-6-14(17)3/h4-11,13,23H,12H2,1-3H3. The van der Waals surface area contributed by atoms with E-state index < -0.39 is 17.6 Å². The number of aliphatic hydroxyl groups is 1. The molecule has 1 heterocycles. The maximum Gasteiger partial charge on any atom is 0.301 e. The van der Waals surface area contributed by atoms with Gasteiger partial charge in [-0.3, -0.25) is 9.59 Å². The summed E-state index contributed by atoms with van der Waals surface area (Å²) < 4.78 is 5.63. The highest BCUT2D eigenvalue weighted by molar-refractivity contribution is 6.45. The number of anilines is 1. The van der Waals surface area contributed by atoms with Gasteiger partial charge in [0.2, 0.25) is 0 Å². The lowest BCUT2D eigenvalue weighted by molar-refractivity contribution is -0.121. The summed E-state index contributed by atoms with van der Waals surface area (Å²) in [5.74, 6) is -0.695. The molecule has 5 heteroatoms. The number of carbonyl (C=O) groups excluding carboxylic acids is 2. The van der Waals surface area contributed by atoms with E-state index in [4.69, 9.17) is 4.74 Å². The molecular formula is C21H21NO4. The summed E-state index contributed by atoms with van der Waals surface area (Å²) in [6.07, 6.45) is 0. The smallest absolute Gasteiger partial charge is 0.301 e. The number of nitrogens with zero attached hydrogens (tertiary/aromatic N) is 1. The van der Waals surface area contributed by atoms with E-state index >= 15 is 0 Å². The minimum Gasteiger partial charge on any atom is -0.502 e. The van der Waals surface area contributed by atoms with Gasteiger partial charge in [-0.2, -0.15) is 0 Å². The van der Waals surface area contributed by atoms with E-state index in [1.807, 2.05) is 19.1 Å². The normalized spacial score (nSPS) is 14.5. The summed E-state index contributed by atoms with van der Waals surface area (Å²) in [5, 5.41) is 10.3. The molecule has 5 nitrogen and oxygen atoms in total. The minimum atomic E-state index is -0.709. The molecule has 0 radical (unpaired) electrons. The number of amides is 2. The molecule has 0 fully saturated rings. The molecule has 1 aliphatic heterocycles. The molecule has 1 aliphatic rings. The highest BCUT2D eigenvalue weighted by Crippen LogP contribution is 2.33. The molecule has 1 N–H and O–H groups in total. The highest BCUT2D eigenvalue weighted by Gasteiger charge is 2.40.